The van der Waals surface area contributed by atoms with Crippen LogP contribution in [0.25, 0.3) is 12.2 Å². The van der Waals surface area contributed by atoms with Crippen molar-refractivity contribution in [3.63, 3.8) is 0 Å². The molecule has 1 aliphatic heterocycles. The summed E-state index contributed by atoms with van der Waals surface area (Å²) in [5.74, 6) is 1.58. The van der Waals surface area contributed by atoms with E-state index in [2.05, 4.69) is 11.1 Å². The standard InChI is InChI=1S/C25H24N4O3/c1-18-6-9-20(10-7-18)24(30)28-12-14-29(15-13-28)25-22(17-26)27-23(32-25)11-8-19-4-3-5-21(16-19)31-2/h3-11,16H,12-15H2,1-2H3. The van der Waals surface area contributed by atoms with Gasteiger partial charge in [-0.15, -0.1) is 0 Å². The van der Waals surface area contributed by atoms with Crippen LogP contribution in [-0.4, -0.2) is 49.1 Å². The lowest BCUT2D eigenvalue weighted by Gasteiger charge is -2.34. The molecule has 1 amide bonds. The van der Waals surface area contributed by atoms with Crippen LogP contribution in [0.4, 0.5) is 5.88 Å². The largest absolute Gasteiger partial charge is 0.497 e. The Morgan fingerprint density at radius 1 is 1.12 bits per heavy atom. The Labute approximate surface area is 187 Å². The van der Waals surface area contributed by atoms with Gasteiger partial charge in [-0.25, -0.2) is 0 Å². The summed E-state index contributed by atoms with van der Waals surface area (Å²) in [6.45, 7) is 4.24. The monoisotopic (exact) mass is 428 g/mol. The molecule has 1 aliphatic rings. The Morgan fingerprint density at radius 3 is 2.56 bits per heavy atom. The average molecular weight is 428 g/mol. The molecule has 3 aromatic rings. The van der Waals surface area contributed by atoms with E-state index in [1.54, 1.807) is 13.2 Å². The number of hydrogen-bond donors (Lipinski definition) is 0. The maximum Gasteiger partial charge on any atom is 0.253 e. The molecule has 0 aliphatic carbocycles. The number of aromatic nitrogens is 1. The molecule has 0 saturated carbocycles. The van der Waals surface area contributed by atoms with Crippen LogP contribution in [0.15, 0.2) is 52.9 Å². The van der Waals surface area contributed by atoms with Gasteiger partial charge in [0.25, 0.3) is 5.91 Å². The molecule has 32 heavy (non-hydrogen) atoms. The lowest BCUT2D eigenvalue weighted by Crippen LogP contribution is -2.48. The predicted octanol–water partition coefficient (Wildman–Crippen LogP) is 4.00. The fourth-order valence-corrected chi connectivity index (χ4v) is 3.59. The molecule has 0 atom stereocenters. The second-order valence-corrected chi connectivity index (χ2v) is 7.57. The van der Waals surface area contributed by atoms with Crippen LogP contribution in [0, 0.1) is 18.3 Å². The molecule has 1 fully saturated rings. The number of aryl methyl sites for hydroxylation is 1. The molecular weight excluding hydrogens is 404 g/mol. The predicted molar refractivity (Wildman–Crippen MR) is 122 cm³/mol. The Kier molecular flexibility index (Phi) is 6.22. The van der Waals surface area contributed by atoms with Crippen LogP contribution in [0.1, 0.15) is 33.1 Å². The Balaban J connectivity index is 1.44. The minimum absolute atomic E-state index is 0.0182. The highest BCUT2D eigenvalue weighted by atomic mass is 16.5. The smallest absolute Gasteiger partial charge is 0.253 e. The summed E-state index contributed by atoms with van der Waals surface area (Å²) in [5.41, 5.74) is 2.99. The minimum atomic E-state index is 0.0182. The van der Waals surface area contributed by atoms with Gasteiger partial charge in [-0.3, -0.25) is 4.79 Å². The van der Waals surface area contributed by atoms with E-state index < -0.39 is 0 Å². The third kappa shape index (κ3) is 4.65. The molecule has 0 radical (unpaired) electrons. The van der Waals surface area contributed by atoms with Gasteiger partial charge in [-0.2, -0.15) is 10.2 Å². The summed E-state index contributed by atoms with van der Waals surface area (Å²) in [7, 11) is 1.62. The van der Waals surface area contributed by atoms with Crippen molar-refractivity contribution in [3.8, 4) is 11.8 Å². The molecular formula is C25H24N4O3. The molecule has 0 bridgehead atoms. The van der Waals surface area contributed by atoms with E-state index in [-0.39, 0.29) is 11.6 Å². The number of piperazine rings is 1. The number of nitriles is 1. The first-order valence-electron chi connectivity index (χ1n) is 10.4. The lowest BCUT2D eigenvalue weighted by atomic mass is 10.1. The van der Waals surface area contributed by atoms with Gasteiger partial charge >= 0.3 is 0 Å². The van der Waals surface area contributed by atoms with Crippen molar-refractivity contribution in [2.24, 2.45) is 0 Å². The Hall–Kier alpha value is -4.05. The maximum absolute atomic E-state index is 12.7. The van der Waals surface area contributed by atoms with Gasteiger partial charge < -0.3 is 19.0 Å². The van der Waals surface area contributed by atoms with Crippen molar-refractivity contribution in [1.82, 2.24) is 9.88 Å². The zero-order chi connectivity index (χ0) is 22.5. The highest BCUT2D eigenvalue weighted by Crippen LogP contribution is 2.25. The van der Waals surface area contributed by atoms with Crippen LogP contribution in [0.5, 0.6) is 5.75 Å². The summed E-state index contributed by atoms with van der Waals surface area (Å²) in [4.78, 5) is 20.8. The minimum Gasteiger partial charge on any atom is -0.497 e. The zero-order valence-electron chi connectivity index (χ0n) is 18.1. The second-order valence-electron chi connectivity index (χ2n) is 7.57. The quantitative estimate of drug-likeness (QED) is 0.611. The summed E-state index contributed by atoms with van der Waals surface area (Å²) in [6.07, 6.45) is 3.59. The van der Waals surface area contributed by atoms with Gasteiger partial charge in [0.1, 0.15) is 11.8 Å². The number of methoxy groups -OCH3 is 1. The maximum atomic E-state index is 12.7. The topological polar surface area (TPSA) is 82.6 Å². The van der Waals surface area contributed by atoms with E-state index in [0.29, 0.717) is 43.5 Å². The number of ether oxygens (including phenoxy) is 1. The zero-order valence-corrected chi connectivity index (χ0v) is 18.1. The Bertz CT molecular complexity index is 1170. The highest BCUT2D eigenvalue weighted by molar-refractivity contribution is 5.94. The molecule has 7 heteroatoms. The second kappa shape index (κ2) is 9.40. The molecule has 162 valence electrons. The van der Waals surface area contributed by atoms with Gasteiger partial charge in [-0.05, 0) is 42.8 Å². The van der Waals surface area contributed by atoms with Gasteiger partial charge in [0, 0.05) is 37.8 Å². The number of amides is 1. The molecule has 2 heterocycles. The van der Waals surface area contributed by atoms with Crippen LogP contribution in [-0.2, 0) is 0 Å². The van der Waals surface area contributed by atoms with E-state index >= 15 is 0 Å². The van der Waals surface area contributed by atoms with E-state index in [1.807, 2.05) is 71.3 Å². The third-order valence-electron chi connectivity index (χ3n) is 5.40. The van der Waals surface area contributed by atoms with Crippen molar-refractivity contribution in [2.75, 3.05) is 38.2 Å². The van der Waals surface area contributed by atoms with Crippen molar-refractivity contribution < 1.29 is 13.9 Å². The first-order valence-corrected chi connectivity index (χ1v) is 10.4. The van der Waals surface area contributed by atoms with Gasteiger partial charge in [-0.1, -0.05) is 29.8 Å². The number of carbonyl (C=O) groups is 1. The Morgan fingerprint density at radius 2 is 1.88 bits per heavy atom. The third-order valence-corrected chi connectivity index (χ3v) is 5.40. The number of anilines is 1. The van der Waals surface area contributed by atoms with Crippen molar-refractivity contribution in [3.05, 3.63) is 76.8 Å². The van der Waals surface area contributed by atoms with Crippen LogP contribution in [0.3, 0.4) is 0 Å². The average Bonchev–Trinajstić information content (AvgIpc) is 3.26. The van der Waals surface area contributed by atoms with Crippen molar-refractivity contribution >= 4 is 23.9 Å². The van der Waals surface area contributed by atoms with Crippen molar-refractivity contribution in [1.29, 1.82) is 5.26 Å². The highest BCUT2D eigenvalue weighted by Gasteiger charge is 2.26. The van der Waals surface area contributed by atoms with Gasteiger partial charge in [0.15, 0.2) is 0 Å². The first-order chi connectivity index (χ1) is 15.6. The number of benzene rings is 2. The van der Waals surface area contributed by atoms with Gasteiger partial charge in [0.2, 0.25) is 17.5 Å². The van der Waals surface area contributed by atoms with Crippen LogP contribution < -0.4 is 9.64 Å². The molecule has 1 aromatic heterocycles. The summed E-state index contributed by atoms with van der Waals surface area (Å²) >= 11 is 0. The fourth-order valence-electron chi connectivity index (χ4n) is 3.59. The molecule has 2 aromatic carbocycles. The number of hydrogen-bond acceptors (Lipinski definition) is 6. The summed E-state index contributed by atoms with van der Waals surface area (Å²) < 4.78 is 11.1. The number of carbonyl (C=O) groups excluding carboxylic acids is 1. The SMILES string of the molecule is COc1cccc(C=Cc2nc(C#N)c(N3CCN(C(=O)c4ccc(C)cc4)CC3)o2)c1. The molecule has 0 N–H and O–H groups in total. The number of oxazole rings is 1. The molecule has 7 nitrogen and oxygen atoms in total. The summed E-state index contributed by atoms with van der Waals surface area (Å²) in [5, 5.41) is 9.52. The normalized spacial score (nSPS) is 13.9. The van der Waals surface area contributed by atoms with Crippen LogP contribution in [0.2, 0.25) is 0 Å². The van der Waals surface area contributed by atoms with Gasteiger partial charge in [0.05, 0.1) is 7.11 Å². The van der Waals surface area contributed by atoms with E-state index in [0.717, 1.165) is 16.9 Å². The van der Waals surface area contributed by atoms with E-state index in [4.69, 9.17) is 9.15 Å². The van der Waals surface area contributed by atoms with E-state index in [1.165, 1.54) is 0 Å². The fraction of sp³-hybridized carbons (Fsp3) is 0.240. The molecule has 0 spiro atoms. The number of nitrogens with zero attached hydrogens (tertiary/aromatic N) is 4. The summed E-state index contributed by atoms with van der Waals surface area (Å²) in [6, 6.07) is 17.3. The molecule has 0 unspecified atom stereocenters. The lowest BCUT2D eigenvalue weighted by molar-refractivity contribution is 0.0745. The number of rotatable bonds is 5. The first kappa shape index (κ1) is 21.2. The van der Waals surface area contributed by atoms with E-state index in [9.17, 15) is 10.1 Å². The molecule has 4 rings (SSSR count). The van der Waals surface area contributed by atoms with Crippen molar-refractivity contribution in [2.45, 2.75) is 6.92 Å². The molecule has 1 saturated heterocycles. The van der Waals surface area contributed by atoms with Crippen LogP contribution >= 0.6 is 0 Å².